The first-order valence-corrected chi connectivity index (χ1v) is 17.6. The normalized spacial score (nSPS) is 17.0. The first-order valence-electron chi connectivity index (χ1n) is 17.6. The maximum absolute atomic E-state index is 12.6. The molecule has 1 saturated heterocycles. The minimum absolute atomic E-state index is 0.0618. The van der Waals surface area contributed by atoms with Crippen LogP contribution in [0.4, 0.5) is 4.79 Å². The highest BCUT2D eigenvalue weighted by Crippen LogP contribution is 2.23. The van der Waals surface area contributed by atoms with Gasteiger partial charge in [-0.05, 0) is 59.3 Å². The summed E-state index contributed by atoms with van der Waals surface area (Å²) in [5.74, 6) is -0.564. The van der Waals surface area contributed by atoms with Crippen molar-refractivity contribution in [3.05, 3.63) is 0 Å². The number of aliphatic hydroxyl groups excluding tert-OH is 1. The lowest BCUT2D eigenvalue weighted by Gasteiger charge is -2.27. The molecule has 0 unspecified atom stereocenters. The SMILES string of the molecule is CCCCCCCCC(CCCCCCCC)OC(=O)CCCCCCCOC(=O)[C@@H]1C[C@H](O)CN1C(=O)OC(C)(C)C. The number of amides is 1. The third-order valence-electron chi connectivity index (χ3n) is 8.01. The molecular weight excluding hydrogens is 546 g/mol. The molecule has 0 aromatic carbocycles. The molecule has 8 nitrogen and oxygen atoms in total. The van der Waals surface area contributed by atoms with Crippen molar-refractivity contribution in [3.8, 4) is 0 Å². The van der Waals surface area contributed by atoms with Crippen molar-refractivity contribution in [3.63, 3.8) is 0 Å². The summed E-state index contributed by atoms with van der Waals surface area (Å²) in [4.78, 5) is 38.9. The maximum atomic E-state index is 12.6. The number of ether oxygens (including phenoxy) is 3. The van der Waals surface area contributed by atoms with Gasteiger partial charge in [0.2, 0.25) is 0 Å². The number of esters is 2. The van der Waals surface area contributed by atoms with Crippen molar-refractivity contribution in [1.29, 1.82) is 0 Å². The van der Waals surface area contributed by atoms with Gasteiger partial charge < -0.3 is 19.3 Å². The summed E-state index contributed by atoms with van der Waals surface area (Å²) in [7, 11) is 0. The zero-order chi connectivity index (χ0) is 31.9. The minimum atomic E-state index is -0.818. The van der Waals surface area contributed by atoms with Crippen LogP contribution in [0.3, 0.4) is 0 Å². The highest BCUT2D eigenvalue weighted by atomic mass is 16.6. The number of β-amino-alcohol motifs (C(OH)–C–C–N with tert-alkyl or cyclic N) is 1. The number of carbonyl (C=O) groups excluding carboxylic acids is 3. The van der Waals surface area contributed by atoms with E-state index in [1.807, 2.05) is 0 Å². The Balaban J connectivity index is 2.24. The molecular formula is C35H65NO7. The van der Waals surface area contributed by atoms with Crippen molar-refractivity contribution in [1.82, 2.24) is 4.90 Å². The fourth-order valence-electron chi connectivity index (χ4n) is 5.54. The summed E-state index contributed by atoms with van der Waals surface area (Å²) in [6.45, 7) is 10.1. The molecule has 1 amide bonds. The van der Waals surface area contributed by atoms with Crippen molar-refractivity contribution in [2.24, 2.45) is 0 Å². The molecule has 8 heteroatoms. The Morgan fingerprint density at radius 2 is 1.28 bits per heavy atom. The maximum Gasteiger partial charge on any atom is 0.411 e. The predicted octanol–water partition coefficient (Wildman–Crippen LogP) is 8.65. The summed E-state index contributed by atoms with van der Waals surface area (Å²) in [6.07, 6.45) is 20.6. The van der Waals surface area contributed by atoms with Gasteiger partial charge in [-0.25, -0.2) is 9.59 Å². The van der Waals surface area contributed by atoms with Gasteiger partial charge in [-0.2, -0.15) is 0 Å². The van der Waals surface area contributed by atoms with Crippen LogP contribution in [0.25, 0.3) is 0 Å². The number of likely N-dealkylation sites (tertiary alicyclic amines) is 1. The topological polar surface area (TPSA) is 102 Å². The molecule has 1 N–H and O–H groups in total. The highest BCUT2D eigenvalue weighted by molar-refractivity contribution is 5.82. The molecule has 1 fully saturated rings. The Morgan fingerprint density at radius 1 is 0.767 bits per heavy atom. The van der Waals surface area contributed by atoms with Gasteiger partial charge in [-0.1, -0.05) is 97.3 Å². The van der Waals surface area contributed by atoms with Crippen molar-refractivity contribution < 1.29 is 33.7 Å². The Hall–Kier alpha value is -1.83. The number of hydrogen-bond donors (Lipinski definition) is 1. The summed E-state index contributed by atoms with van der Waals surface area (Å²) in [5, 5.41) is 10.0. The highest BCUT2D eigenvalue weighted by Gasteiger charge is 2.41. The zero-order valence-corrected chi connectivity index (χ0v) is 28.3. The average Bonchev–Trinajstić information content (AvgIpc) is 3.34. The molecule has 0 aromatic rings. The molecule has 0 aliphatic carbocycles. The quantitative estimate of drug-likeness (QED) is 0.0662. The second-order valence-electron chi connectivity index (χ2n) is 13.4. The first kappa shape index (κ1) is 39.2. The van der Waals surface area contributed by atoms with Gasteiger partial charge in [0, 0.05) is 12.8 Å². The van der Waals surface area contributed by atoms with Crippen molar-refractivity contribution in [2.75, 3.05) is 13.2 Å². The number of aliphatic hydroxyl groups is 1. The lowest BCUT2D eigenvalue weighted by atomic mass is 10.0. The predicted molar refractivity (Wildman–Crippen MR) is 172 cm³/mol. The monoisotopic (exact) mass is 611 g/mol. The van der Waals surface area contributed by atoms with E-state index in [4.69, 9.17) is 14.2 Å². The van der Waals surface area contributed by atoms with Gasteiger partial charge in [-0.15, -0.1) is 0 Å². The molecule has 0 bridgehead atoms. The lowest BCUT2D eigenvalue weighted by molar-refractivity contribution is -0.150. The molecule has 1 aliphatic heterocycles. The first-order chi connectivity index (χ1) is 20.6. The van der Waals surface area contributed by atoms with Crippen molar-refractivity contribution in [2.45, 2.75) is 193 Å². The molecule has 2 atom stereocenters. The molecule has 43 heavy (non-hydrogen) atoms. The number of unbranched alkanes of at least 4 members (excludes halogenated alkanes) is 14. The molecule has 1 aliphatic rings. The van der Waals surface area contributed by atoms with Crippen LogP contribution in [-0.2, 0) is 23.8 Å². The van der Waals surface area contributed by atoms with Gasteiger partial charge in [0.25, 0.3) is 0 Å². The molecule has 1 heterocycles. The van der Waals surface area contributed by atoms with Gasteiger partial charge in [0.1, 0.15) is 17.7 Å². The minimum Gasteiger partial charge on any atom is -0.464 e. The van der Waals surface area contributed by atoms with Crippen LogP contribution >= 0.6 is 0 Å². The number of rotatable bonds is 24. The third kappa shape index (κ3) is 19.9. The van der Waals surface area contributed by atoms with Crippen molar-refractivity contribution >= 4 is 18.0 Å². The average molecular weight is 612 g/mol. The number of nitrogens with zero attached hydrogens (tertiary/aromatic N) is 1. The van der Waals surface area contributed by atoms with Gasteiger partial charge in [0.15, 0.2) is 0 Å². The van der Waals surface area contributed by atoms with Crippen LogP contribution < -0.4 is 0 Å². The zero-order valence-electron chi connectivity index (χ0n) is 28.3. The van der Waals surface area contributed by atoms with Crippen LogP contribution in [0, 0.1) is 0 Å². The Labute approximate surface area is 263 Å². The second-order valence-corrected chi connectivity index (χ2v) is 13.4. The van der Waals surface area contributed by atoms with Crippen LogP contribution in [0.15, 0.2) is 0 Å². The van der Waals surface area contributed by atoms with E-state index in [9.17, 15) is 19.5 Å². The Morgan fingerprint density at radius 3 is 1.84 bits per heavy atom. The van der Waals surface area contributed by atoms with Crippen LogP contribution in [0.5, 0.6) is 0 Å². The third-order valence-corrected chi connectivity index (χ3v) is 8.01. The fraction of sp³-hybridized carbons (Fsp3) is 0.914. The molecule has 0 aromatic heterocycles. The number of hydrogen-bond acceptors (Lipinski definition) is 7. The Bertz CT molecular complexity index is 735. The smallest absolute Gasteiger partial charge is 0.411 e. The molecule has 0 saturated carbocycles. The van der Waals surface area contributed by atoms with Gasteiger partial charge in [-0.3, -0.25) is 9.69 Å². The van der Waals surface area contributed by atoms with Crippen LogP contribution in [0.2, 0.25) is 0 Å². The van der Waals surface area contributed by atoms with E-state index in [0.29, 0.717) is 6.42 Å². The summed E-state index contributed by atoms with van der Waals surface area (Å²) in [5.41, 5.74) is -0.682. The van der Waals surface area contributed by atoms with E-state index in [1.165, 1.54) is 69.1 Å². The van der Waals surface area contributed by atoms with E-state index in [-0.39, 0.29) is 31.6 Å². The second kappa shape index (κ2) is 23.5. The van der Waals surface area contributed by atoms with Crippen LogP contribution in [-0.4, -0.2) is 65.0 Å². The molecule has 1 rings (SSSR count). The fourth-order valence-corrected chi connectivity index (χ4v) is 5.54. The van der Waals surface area contributed by atoms with E-state index >= 15 is 0 Å². The summed E-state index contributed by atoms with van der Waals surface area (Å²) >= 11 is 0. The van der Waals surface area contributed by atoms with E-state index in [0.717, 1.165) is 57.8 Å². The lowest BCUT2D eigenvalue weighted by Crippen LogP contribution is -2.44. The summed E-state index contributed by atoms with van der Waals surface area (Å²) in [6, 6.07) is -0.818. The number of carbonyl (C=O) groups is 3. The van der Waals surface area contributed by atoms with Gasteiger partial charge in [0.05, 0.1) is 19.3 Å². The van der Waals surface area contributed by atoms with Crippen LogP contribution in [0.1, 0.15) is 169 Å². The van der Waals surface area contributed by atoms with Gasteiger partial charge >= 0.3 is 18.0 Å². The Kier molecular flexibility index (Phi) is 21.5. The summed E-state index contributed by atoms with van der Waals surface area (Å²) < 4.78 is 16.7. The molecule has 252 valence electrons. The van der Waals surface area contributed by atoms with E-state index in [2.05, 4.69) is 13.8 Å². The van der Waals surface area contributed by atoms with E-state index in [1.54, 1.807) is 20.8 Å². The van der Waals surface area contributed by atoms with E-state index < -0.39 is 29.8 Å². The molecule has 0 radical (unpaired) electrons. The molecule has 0 spiro atoms. The standard InChI is InChI=1S/C35H65NO7/c1-6-8-10-12-15-19-23-30(24-20-16-13-11-9-7-2)42-32(38)25-21-17-14-18-22-26-41-33(39)31-27-29(37)28-36(31)34(40)43-35(3,4)5/h29-31,37H,6-28H2,1-5H3/t29-,31-/m0/s1. The largest absolute Gasteiger partial charge is 0.464 e.